The first-order valence-corrected chi connectivity index (χ1v) is 7.64. The van der Waals surface area contributed by atoms with E-state index in [-0.39, 0.29) is 11.3 Å². The zero-order valence-corrected chi connectivity index (χ0v) is 12.7. The summed E-state index contributed by atoms with van der Waals surface area (Å²) in [5.74, 6) is -0.443. The second-order valence-electron chi connectivity index (χ2n) is 5.45. The molecule has 1 aliphatic heterocycles. The number of allylic oxidation sites excluding steroid dienone is 1. The zero-order valence-electron chi connectivity index (χ0n) is 12.7. The van der Waals surface area contributed by atoms with Crippen LogP contribution in [0.5, 0.6) is 0 Å². The Morgan fingerprint density at radius 1 is 1.52 bits per heavy atom. The second-order valence-corrected chi connectivity index (χ2v) is 5.45. The Kier molecular flexibility index (Phi) is 5.04. The molecular weight excluding hydrogens is 270 g/mol. The van der Waals surface area contributed by atoms with Gasteiger partial charge in [0, 0.05) is 6.42 Å². The zero-order chi connectivity index (χ0) is 15.3. The summed E-state index contributed by atoms with van der Waals surface area (Å²) >= 11 is 0. The van der Waals surface area contributed by atoms with E-state index in [4.69, 9.17) is 9.57 Å². The van der Waals surface area contributed by atoms with Crippen molar-refractivity contribution in [3.63, 3.8) is 0 Å². The lowest BCUT2D eigenvalue weighted by molar-refractivity contribution is -0.153. The Morgan fingerprint density at radius 2 is 2.33 bits per heavy atom. The maximum absolute atomic E-state index is 12.3. The van der Waals surface area contributed by atoms with Gasteiger partial charge in [-0.3, -0.25) is 0 Å². The minimum Gasteiger partial charge on any atom is -0.511 e. The number of oxime groups is 1. The smallest absolute Gasteiger partial charge is 0.344 e. The van der Waals surface area contributed by atoms with E-state index in [1.165, 1.54) is 0 Å². The number of aliphatic hydroxyl groups is 1. The lowest BCUT2D eigenvalue weighted by Crippen LogP contribution is -2.41. The number of esters is 1. The van der Waals surface area contributed by atoms with E-state index in [9.17, 15) is 9.90 Å². The van der Waals surface area contributed by atoms with Crippen LogP contribution in [0.15, 0.2) is 28.6 Å². The molecule has 5 nitrogen and oxygen atoms in total. The number of ether oxygens (including phenoxy) is 1. The molecule has 1 atom stereocenters. The molecule has 21 heavy (non-hydrogen) atoms. The van der Waals surface area contributed by atoms with Gasteiger partial charge in [0.15, 0.2) is 0 Å². The van der Waals surface area contributed by atoms with Crippen molar-refractivity contribution in [2.24, 2.45) is 5.16 Å². The van der Waals surface area contributed by atoms with Crippen molar-refractivity contribution in [1.29, 1.82) is 0 Å². The summed E-state index contributed by atoms with van der Waals surface area (Å²) in [5, 5.41) is 14.3. The number of rotatable bonds is 5. The molecule has 116 valence electrons. The van der Waals surface area contributed by atoms with Gasteiger partial charge in [-0.15, -0.1) is 0 Å². The van der Waals surface area contributed by atoms with Crippen LogP contribution in [0.25, 0.3) is 0 Å². The van der Waals surface area contributed by atoms with Crippen molar-refractivity contribution in [2.75, 3.05) is 6.61 Å². The number of aliphatic hydroxyl groups excluding tert-OH is 1. The van der Waals surface area contributed by atoms with Gasteiger partial charge in [-0.2, -0.15) is 0 Å². The predicted octanol–water partition coefficient (Wildman–Crippen LogP) is 3.42. The molecule has 0 saturated heterocycles. The third-order valence-corrected chi connectivity index (χ3v) is 3.73. The molecule has 1 aliphatic carbocycles. The molecule has 1 unspecified atom stereocenters. The fraction of sp³-hybridized carbons (Fsp3) is 0.625. The molecule has 0 aromatic heterocycles. The largest absolute Gasteiger partial charge is 0.511 e. The number of carbonyl (C=O) groups excluding carboxylic acids is 1. The molecule has 2 rings (SSSR count). The van der Waals surface area contributed by atoms with Crippen molar-refractivity contribution >= 4 is 11.7 Å². The first-order chi connectivity index (χ1) is 10.1. The van der Waals surface area contributed by atoms with Crippen LogP contribution in [0, 0.1) is 0 Å². The van der Waals surface area contributed by atoms with Crippen molar-refractivity contribution in [1.82, 2.24) is 0 Å². The first kappa shape index (κ1) is 15.6. The third-order valence-electron chi connectivity index (χ3n) is 3.73. The standard InChI is InChI=1S/C16H23NO4/c1-3-8-12(17-20-4-2)14-13(18)11-16(21-15(14)19)9-6-5-7-10-16/h6,9,18H,3-5,7-8,10-11H2,1-2H3/b17-12+. The highest BCUT2D eigenvalue weighted by Gasteiger charge is 2.42. The molecule has 1 heterocycles. The Bertz CT molecular complexity index is 493. The minimum atomic E-state index is -0.675. The summed E-state index contributed by atoms with van der Waals surface area (Å²) in [6.45, 7) is 4.23. The van der Waals surface area contributed by atoms with Crippen molar-refractivity contribution < 1.29 is 19.5 Å². The Labute approximate surface area is 125 Å². The highest BCUT2D eigenvalue weighted by molar-refractivity contribution is 6.20. The van der Waals surface area contributed by atoms with Crippen LogP contribution in [-0.2, 0) is 14.4 Å². The topological polar surface area (TPSA) is 68.1 Å². The summed E-state index contributed by atoms with van der Waals surface area (Å²) in [7, 11) is 0. The van der Waals surface area contributed by atoms with Gasteiger partial charge in [-0.05, 0) is 38.7 Å². The highest BCUT2D eigenvalue weighted by atomic mass is 16.6. The molecule has 5 heteroatoms. The van der Waals surface area contributed by atoms with Gasteiger partial charge in [0.25, 0.3) is 0 Å². The monoisotopic (exact) mass is 293 g/mol. The average molecular weight is 293 g/mol. The fourth-order valence-corrected chi connectivity index (χ4v) is 2.77. The maximum atomic E-state index is 12.3. The summed E-state index contributed by atoms with van der Waals surface area (Å²) in [6.07, 6.45) is 8.30. The lowest BCUT2D eigenvalue weighted by Gasteiger charge is -2.36. The molecule has 0 aromatic rings. The predicted molar refractivity (Wildman–Crippen MR) is 80.1 cm³/mol. The molecular formula is C16H23NO4. The van der Waals surface area contributed by atoms with Crippen molar-refractivity contribution in [2.45, 2.75) is 58.0 Å². The van der Waals surface area contributed by atoms with E-state index >= 15 is 0 Å². The van der Waals surface area contributed by atoms with E-state index in [1.807, 2.05) is 26.0 Å². The number of hydrogen-bond donors (Lipinski definition) is 1. The SMILES string of the molecule is CCC/C(=N\OCC)C1=C(O)CC2(C=CCCC2)OC1=O. The van der Waals surface area contributed by atoms with Crippen LogP contribution in [0.4, 0.5) is 0 Å². The number of carbonyl (C=O) groups is 1. The fourth-order valence-electron chi connectivity index (χ4n) is 2.77. The van der Waals surface area contributed by atoms with Gasteiger partial charge in [0.05, 0.1) is 5.71 Å². The van der Waals surface area contributed by atoms with Gasteiger partial charge in [-0.1, -0.05) is 24.6 Å². The van der Waals surface area contributed by atoms with Crippen LogP contribution in [-0.4, -0.2) is 29.0 Å². The molecule has 0 saturated carbocycles. The molecule has 0 aromatic carbocycles. The lowest BCUT2D eigenvalue weighted by atomic mass is 9.84. The third kappa shape index (κ3) is 3.46. The molecule has 0 fully saturated rings. The highest BCUT2D eigenvalue weighted by Crippen LogP contribution is 2.37. The first-order valence-electron chi connectivity index (χ1n) is 7.64. The van der Waals surface area contributed by atoms with Crippen molar-refractivity contribution in [3.05, 3.63) is 23.5 Å². The maximum Gasteiger partial charge on any atom is 0.344 e. The summed E-state index contributed by atoms with van der Waals surface area (Å²) in [6, 6.07) is 0. The number of hydrogen-bond acceptors (Lipinski definition) is 5. The Hall–Kier alpha value is -1.78. The second kappa shape index (κ2) is 6.78. The molecule has 0 amide bonds. The molecule has 2 aliphatic rings. The van der Waals surface area contributed by atoms with Gasteiger partial charge < -0.3 is 14.7 Å². The van der Waals surface area contributed by atoms with Gasteiger partial charge in [0.2, 0.25) is 0 Å². The summed E-state index contributed by atoms with van der Waals surface area (Å²) in [4.78, 5) is 17.4. The average Bonchev–Trinajstić information content (AvgIpc) is 2.44. The molecule has 0 bridgehead atoms. The van der Waals surface area contributed by atoms with Gasteiger partial charge in [0.1, 0.15) is 23.5 Å². The van der Waals surface area contributed by atoms with Crippen LogP contribution >= 0.6 is 0 Å². The van der Waals surface area contributed by atoms with E-state index in [0.717, 1.165) is 25.7 Å². The summed E-state index contributed by atoms with van der Waals surface area (Å²) in [5.41, 5.74) is -0.0299. The van der Waals surface area contributed by atoms with E-state index in [1.54, 1.807) is 0 Å². The van der Waals surface area contributed by atoms with Gasteiger partial charge >= 0.3 is 5.97 Å². The quantitative estimate of drug-likeness (QED) is 0.365. The number of nitrogens with zero attached hydrogens (tertiary/aromatic N) is 1. The Morgan fingerprint density at radius 3 is 2.90 bits per heavy atom. The van der Waals surface area contributed by atoms with Crippen LogP contribution in [0.1, 0.15) is 52.4 Å². The van der Waals surface area contributed by atoms with E-state index in [0.29, 0.717) is 25.2 Å². The Balaban J connectivity index is 2.30. The van der Waals surface area contributed by atoms with Crippen LogP contribution in [0.2, 0.25) is 0 Å². The van der Waals surface area contributed by atoms with E-state index < -0.39 is 11.6 Å². The normalized spacial score (nSPS) is 26.2. The molecule has 0 radical (unpaired) electrons. The van der Waals surface area contributed by atoms with Gasteiger partial charge in [-0.25, -0.2) is 4.79 Å². The summed E-state index contributed by atoms with van der Waals surface area (Å²) < 4.78 is 5.63. The van der Waals surface area contributed by atoms with Crippen LogP contribution < -0.4 is 0 Å². The minimum absolute atomic E-state index is 0.0599. The van der Waals surface area contributed by atoms with E-state index in [2.05, 4.69) is 5.16 Å². The molecule has 1 spiro atoms. The molecule has 1 N–H and O–H groups in total. The van der Waals surface area contributed by atoms with Crippen LogP contribution in [0.3, 0.4) is 0 Å². The van der Waals surface area contributed by atoms with Crippen molar-refractivity contribution in [3.8, 4) is 0 Å².